The maximum Gasteiger partial charge on any atom is 0.338 e. The van der Waals surface area contributed by atoms with Crippen molar-refractivity contribution in [2.45, 2.75) is 39.5 Å². The van der Waals surface area contributed by atoms with E-state index in [1.165, 1.54) is 24.3 Å². The SMILES string of the molecule is CCOC(=O)c1ccc(NC(=O)COC(=O)[C@H]2CC(=O)N(NC(=O)c3ccc(C(C)(C)C)cc3)C2)cc1. The monoisotopic (exact) mass is 509 g/mol. The lowest BCUT2D eigenvalue weighted by molar-refractivity contribution is -0.151. The summed E-state index contributed by atoms with van der Waals surface area (Å²) in [5, 5.41) is 3.65. The van der Waals surface area contributed by atoms with Gasteiger partial charge in [0.15, 0.2) is 6.61 Å². The highest BCUT2D eigenvalue weighted by atomic mass is 16.5. The molecule has 0 saturated carbocycles. The Balaban J connectivity index is 1.46. The van der Waals surface area contributed by atoms with Crippen LogP contribution in [0.1, 0.15) is 60.4 Å². The van der Waals surface area contributed by atoms with E-state index < -0.39 is 42.2 Å². The van der Waals surface area contributed by atoms with Crippen LogP contribution in [0.3, 0.4) is 0 Å². The zero-order chi connectivity index (χ0) is 27.2. The molecule has 1 aliphatic rings. The van der Waals surface area contributed by atoms with Gasteiger partial charge in [-0.1, -0.05) is 32.9 Å². The van der Waals surface area contributed by atoms with Crippen LogP contribution in [-0.4, -0.2) is 54.4 Å². The minimum atomic E-state index is -0.812. The molecule has 1 fully saturated rings. The second-order valence-corrected chi connectivity index (χ2v) is 9.63. The van der Waals surface area contributed by atoms with Crippen LogP contribution in [-0.2, 0) is 29.3 Å². The van der Waals surface area contributed by atoms with Crippen molar-refractivity contribution < 1.29 is 33.4 Å². The van der Waals surface area contributed by atoms with E-state index in [1.54, 1.807) is 19.1 Å². The van der Waals surface area contributed by atoms with E-state index in [0.29, 0.717) is 16.8 Å². The maximum absolute atomic E-state index is 12.6. The zero-order valence-corrected chi connectivity index (χ0v) is 21.3. The summed E-state index contributed by atoms with van der Waals surface area (Å²) >= 11 is 0. The number of anilines is 1. The first-order valence-electron chi connectivity index (χ1n) is 11.9. The molecule has 3 rings (SSSR count). The molecular weight excluding hydrogens is 478 g/mol. The fraction of sp³-hybridized carbons (Fsp3) is 0.370. The van der Waals surface area contributed by atoms with Gasteiger partial charge in [0.25, 0.3) is 11.8 Å². The standard InChI is InChI=1S/C27H31N3O7/c1-5-36-25(34)18-8-12-21(13-9-18)28-22(31)16-37-26(35)19-14-23(32)30(15-19)29-24(33)17-6-10-20(11-7-17)27(2,3)4/h6-13,19H,5,14-16H2,1-4H3,(H,28,31)(H,29,33)/t19-/m0/s1. The van der Waals surface area contributed by atoms with Crippen molar-refractivity contribution in [2.75, 3.05) is 25.1 Å². The molecule has 1 atom stereocenters. The minimum Gasteiger partial charge on any atom is -0.462 e. The molecule has 10 nitrogen and oxygen atoms in total. The molecule has 0 bridgehead atoms. The summed E-state index contributed by atoms with van der Waals surface area (Å²) in [6.07, 6.45) is -0.140. The number of benzene rings is 2. The van der Waals surface area contributed by atoms with Crippen LogP contribution in [0.5, 0.6) is 0 Å². The zero-order valence-electron chi connectivity index (χ0n) is 21.3. The lowest BCUT2D eigenvalue weighted by Gasteiger charge is -2.20. The normalized spacial score (nSPS) is 15.2. The van der Waals surface area contributed by atoms with Crippen LogP contribution in [0.2, 0.25) is 0 Å². The average molecular weight is 510 g/mol. The molecule has 1 heterocycles. The number of hydrazine groups is 1. The quantitative estimate of drug-likeness (QED) is 0.523. The largest absolute Gasteiger partial charge is 0.462 e. The van der Waals surface area contributed by atoms with E-state index >= 15 is 0 Å². The second kappa shape index (κ2) is 11.7. The Morgan fingerprint density at radius 3 is 2.16 bits per heavy atom. The molecule has 2 aromatic carbocycles. The first-order chi connectivity index (χ1) is 17.5. The molecule has 3 amide bonds. The predicted molar refractivity (Wildman–Crippen MR) is 134 cm³/mol. The summed E-state index contributed by atoms with van der Waals surface area (Å²) < 4.78 is 9.97. The van der Waals surface area contributed by atoms with E-state index in [-0.39, 0.29) is 25.0 Å². The number of hydrogen-bond acceptors (Lipinski definition) is 7. The molecule has 196 valence electrons. The minimum absolute atomic E-state index is 0.0551. The molecule has 2 aromatic rings. The van der Waals surface area contributed by atoms with E-state index in [9.17, 15) is 24.0 Å². The lowest BCUT2D eigenvalue weighted by atomic mass is 9.87. The first kappa shape index (κ1) is 27.4. The number of carbonyl (C=O) groups excluding carboxylic acids is 5. The number of nitrogens with zero attached hydrogens (tertiary/aromatic N) is 1. The van der Waals surface area contributed by atoms with Crippen molar-refractivity contribution >= 4 is 35.3 Å². The highest BCUT2D eigenvalue weighted by molar-refractivity contribution is 5.97. The van der Waals surface area contributed by atoms with Crippen molar-refractivity contribution in [3.8, 4) is 0 Å². The number of esters is 2. The van der Waals surface area contributed by atoms with Crippen molar-refractivity contribution in [1.29, 1.82) is 0 Å². The summed E-state index contributed by atoms with van der Waals surface area (Å²) in [5.41, 5.74) is 4.69. The fourth-order valence-electron chi connectivity index (χ4n) is 3.64. The van der Waals surface area contributed by atoms with Gasteiger partial charge in [-0.15, -0.1) is 0 Å². The van der Waals surface area contributed by atoms with E-state index in [4.69, 9.17) is 9.47 Å². The van der Waals surface area contributed by atoms with Crippen molar-refractivity contribution in [3.05, 3.63) is 65.2 Å². The Labute approximate surface area is 215 Å². The first-order valence-corrected chi connectivity index (χ1v) is 11.9. The number of amides is 3. The van der Waals surface area contributed by atoms with Gasteiger partial charge >= 0.3 is 11.9 Å². The third-order valence-corrected chi connectivity index (χ3v) is 5.73. The highest BCUT2D eigenvalue weighted by Gasteiger charge is 2.36. The van der Waals surface area contributed by atoms with Gasteiger partial charge in [0, 0.05) is 17.7 Å². The Bertz CT molecular complexity index is 1170. The van der Waals surface area contributed by atoms with Crippen LogP contribution in [0.4, 0.5) is 5.69 Å². The highest BCUT2D eigenvalue weighted by Crippen LogP contribution is 2.23. The molecule has 0 radical (unpaired) electrons. The third-order valence-electron chi connectivity index (χ3n) is 5.73. The maximum atomic E-state index is 12.6. The lowest BCUT2D eigenvalue weighted by Crippen LogP contribution is -2.43. The van der Waals surface area contributed by atoms with Crippen LogP contribution in [0.25, 0.3) is 0 Å². The molecule has 0 spiro atoms. The van der Waals surface area contributed by atoms with Gasteiger partial charge in [-0.05, 0) is 54.3 Å². The van der Waals surface area contributed by atoms with Crippen LogP contribution in [0.15, 0.2) is 48.5 Å². The van der Waals surface area contributed by atoms with Crippen molar-refractivity contribution in [3.63, 3.8) is 0 Å². The molecule has 0 unspecified atom stereocenters. The summed E-state index contributed by atoms with van der Waals surface area (Å²) in [5.74, 6) is -3.46. The van der Waals surface area contributed by atoms with Gasteiger partial charge in [0.2, 0.25) is 5.91 Å². The van der Waals surface area contributed by atoms with Gasteiger partial charge in [-0.2, -0.15) is 0 Å². The van der Waals surface area contributed by atoms with Crippen LogP contribution < -0.4 is 10.7 Å². The average Bonchev–Trinajstić information content (AvgIpc) is 3.22. The number of nitrogens with one attached hydrogen (secondary N) is 2. The van der Waals surface area contributed by atoms with Crippen molar-refractivity contribution in [2.24, 2.45) is 5.92 Å². The Hall–Kier alpha value is -4.21. The molecule has 10 heteroatoms. The summed E-state index contributed by atoms with van der Waals surface area (Å²) in [6.45, 7) is 7.56. The van der Waals surface area contributed by atoms with Crippen molar-refractivity contribution in [1.82, 2.24) is 10.4 Å². The summed E-state index contributed by atoms with van der Waals surface area (Å²) in [6, 6.07) is 13.2. The molecule has 1 saturated heterocycles. The Morgan fingerprint density at radius 2 is 1.57 bits per heavy atom. The molecule has 0 aromatic heterocycles. The number of carbonyl (C=O) groups is 5. The summed E-state index contributed by atoms with van der Waals surface area (Å²) in [4.78, 5) is 61.2. The van der Waals surface area contributed by atoms with Gasteiger partial charge in [-0.3, -0.25) is 29.6 Å². The van der Waals surface area contributed by atoms with Crippen LogP contribution in [0, 0.1) is 5.92 Å². The third kappa shape index (κ3) is 7.39. The molecule has 0 aliphatic carbocycles. The Kier molecular flexibility index (Phi) is 8.65. The van der Waals surface area contributed by atoms with E-state index in [0.717, 1.165) is 10.6 Å². The van der Waals surface area contributed by atoms with E-state index in [1.807, 2.05) is 12.1 Å². The molecular formula is C27H31N3O7. The summed E-state index contributed by atoms with van der Waals surface area (Å²) in [7, 11) is 0. The number of hydrogen-bond donors (Lipinski definition) is 2. The number of rotatable bonds is 8. The van der Waals surface area contributed by atoms with Gasteiger partial charge in [0.1, 0.15) is 0 Å². The second-order valence-electron chi connectivity index (χ2n) is 9.63. The van der Waals surface area contributed by atoms with Gasteiger partial charge in [-0.25, -0.2) is 4.79 Å². The molecule has 1 aliphatic heterocycles. The fourth-order valence-corrected chi connectivity index (χ4v) is 3.64. The number of ether oxygens (including phenoxy) is 2. The predicted octanol–water partition coefficient (Wildman–Crippen LogP) is 2.84. The van der Waals surface area contributed by atoms with Crippen LogP contribution >= 0.6 is 0 Å². The Morgan fingerprint density at radius 1 is 0.946 bits per heavy atom. The van der Waals surface area contributed by atoms with Gasteiger partial charge in [0.05, 0.1) is 24.6 Å². The van der Waals surface area contributed by atoms with Gasteiger partial charge < -0.3 is 14.8 Å². The smallest absolute Gasteiger partial charge is 0.338 e. The molecule has 2 N–H and O–H groups in total. The topological polar surface area (TPSA) is 131 Å². The van der Waals surface area contributed by atoms with E-state index in [2.05, 4.69) is 31.5 Å². The molecule has 37 heavy (non-hydrogen) atoms.